The first kappa shape index (κ1) is 18.2. The van der Waals surface area contributed by atoms with E-state index in [1.165, 1.54) is 6.42 Å². The summed E-state index contributed by atoms with van der Waals surface area (Å²) in [4.78, 5) is 25.1. The monoisotopic (exact) mass is 360 g/mol. The fraction of sp³-hybridized carbons (Fsp3) is 0.524. The van der Waals surface area contributed by atoms with Gasteiger partial charge in [0.05, 0.1) is 11.7 Å². The summed E-state index contributed by atoms with van der Waals surface area (Å²) in [5.41, 5.74) is 2.72. The SMILES string of the molecule is Cc1cc(C)c2c(c1Cl)CC(=O)/C=C/CCC1CC1C[C@@H](C)OC2=O. The van der Waals surface area contributed by atoms with E-state index in [0.717, 1.165) is 30.4 Å². The lowest BCUT2D eigenvalue weighted by Crippen LogP contribution is -2.20. The predicted octanol–water partition coefficient (Wildman–Crippen LogP) is 4.99. The number of ether oxygens (including phenoxy) is 1. The van der Waals surface area contributed by atoms with Crippen molar-refractivity contribution in [2.24, 2.45) is 11.8 Å². The Kier molecular flexibility index (Phi) is 5.33. The second kappa shape index (κ2) is 7.33. The normalized spacial score (nSPS) is 28.4. The number of carbonyl (C=O) groups excluding carboxylic acids is 2. The van der Waals surface area contributed by atoms with E-state index in [-0.39, 0.29) is 24.3 Å². The summed E-state index contributed by atoms with van der Waals surface area (Å²) in [6.07, 6.45) is 7.74. The highest BCUT2D eigenvalue weighted by Gasteiger charge is 2.37. The third kappa shape index (κ3) is 4.14. The molecule has 1 aliphatic carbocycles. The molecule has 4 heteroatoms. The number of hydrogen-bond acceptors (Lipinski definition) is 3. The Morgan fingerprint density at radius 2 is 1.88 bits per heavy atom. The molecule has 0 radical (unpaired) electrons. The summed E-state index contributed by atoms with van der Waals surface area (Å²) in [7, 11) is 0. The summed E-state index contributed by atoms with van der Waals surface area (Å²) in [5, 5.41) is 0.487. The largest absolute Gasteiger partial charge is 0.459 e. The van der Waals surface area contributed by atoms with Crippen LogP contribution in [0.3, 0.4) is 0 Å². The Balaban J connectivity index is 1.98. The van der Waals surface area contributed by atoms with Gasteiger partial charge in [0.25, 0.3) is 0 Å². The minimum atomic E-state index is -0.368. The summed E-state index contributed by atoms with van der Waals surface area (Å²) >= 11 is 6.45. The number of carbonyl (C=O) groups is 2. The van der Waals surface area contributed by atoms with Gasteiger partial charge in [0.2, 0.25) is 0 Å². The number of fused-ring (bicyclic) bond motifs is 2. The number of ketones is 1. The Bertz CT molecular complexity index is 735. The molecular weight excluding hydrogens is 336 g/mol. The van der Waals surface area contributed by atoms with Gasteiger partial charge in [-0.15, -0.1) is 0 Å². The summed E-state index contributed by atoms with van der Waals surface area (Å²) in [5.74, 6) is 0.943. The van der Waals surface area contributed by atoms with E-state index in [1.807, 2.05) is 32.9 Å². The highest BCUT2D eigenvalue weighted by Crippen LogP contribution is 2.45. The Labute approximate surface area is 154 Å². The van der Waals surface area contributed by atoms with Crippen molar-refractivity contribution in [2.75, 3.05) is 0 Å². The predicted molar refractivity (Wildman–Crippen MR) is 99.1 cm³/mol. The Hall–Kier alpha value is -1.61. The minimum Gasteiger partial charge on any atom is -0.459 e. The standard InChI is InChI=1S/C21H25ClO3/c1-12-8-13(2)20(22)18-11-17(23)7-5-4-6-15-10-16(15)9-14(3)25-21(24)19(12)18/h5,7-8,14-16H,4,6,9-11H2,1-3H3/b7-5+/t14-,15?,16?/m1/s1. The van der Waals surface area contributed by atoms with E-state index < -0.39 is 0 Å². The van der Waals surface area contributed by atoms with Crippen molar-refractivity contribution >= 4 is 23.4 Å². The molecule has 0 N–H and O–H groups in total. The molecule has 25 heavy (non-hydrogen) atoms. The lowest BCUT2D eigenvalue weighted by molar-refractivity contribution is -0.114. The van der Waals surface area contributed by atoms with Crippen LogP contribution in [0.15, 0.2) is 18.2 Å². The van der Waals surface area contributed by atoms with Gasteiger partial charge in [-0.05, 0) is 81.1 Å². The average Bonchev–Trinajstić information content (AvgIpc) is 3.25. The zero-order chi connectivity index (χ0) is 18.1. The molecule has 2 unspecified atom stereocenters. The van der Waals surface area contributed by atoms with Crippen molar-refractivity contribution in [3.63, 3.8) is 0 Å². The van der Waals surface area contributed by atoms with E-state index in [9.17, 15) is 9.59 Å². The molecule has 3 nitrogen and oxygen atoms in total. The van der Waals surface area contributed by atoms with Crippen LogP contribution in [-0.2, 0) is 16.0 Å². The van der Waals surface area contributed by atoms with E-state index in [0.29, 0.717) is 28.0 Å². The first-order valence-corrected chi connectivity index (χ1v) is 9.43. The molecule has 1 aromatic carbocycles. The van der Waals surface area contributed by atoms with Crippen LogP contribution in [0.25, 0.3) is 0 Å². The number of rotatable bonds is 0. The first-order valence-electron chi connectivity index (χ1n) is 9.05. The van der Waals surface area contributed by atoms with E-state index >= 15 is 0 Å². The number of halogens is 1. The maximum absolute atomic E-state index is 12.8. The van der Waals surface area contributed by atoms with Gasteiger partial charge in [0.15, 0.2) is 5.78 Å². The molecule has 1 aliphatic heterocycles. The summed E-state index contributed by atoms with van der Waals surface area (Å²) in [6, 6.07) is 1.88. The van der Waals surface area contributed by atoms with Crippen LogP contribution in [0.5, 0.6) is 0 Å². The third-order valence-corrected chi connectivity index (χ3v) is 5.84. The van der Waals surface area contributed by atoms with Crippen molar-refractivity contribution < 1.29 is 14.3 Å². The number of allylic oxidation sites excluding steroid dienone is 2. The lowest BCUT2D eigenvalue weighted by atomic mass is 9.94. The van der Waals surface area contributed by atoms with Gasteiger partial charge < -0.3 is 4.74 Å². The molecule has 0 spiro atoms. The maximum Gasteiger partial charge on any atom is 0.339 e. The molecule has 1 heterocycles. The van der Waals surface area contributed by atoms with Crippen LogP contribution in [0.4, 0.5) is 0 Å². The van der Waals surface area contributed by atoms with Crippen molar-refractivity contribution in [1.82, 2.24) is 0 Å². The lowest BCUT2D eigenvalue weighted by Gasteiger charge is -2.18. The fourth-order valence-electron chi connectivity index (χ4n) is 3.92. The molecule has 3 atom stereocenters. The van der Waals surface area contributed by atoms with Gasteiger partial charge in [-0.1, -0.05) is 23.7 Å². The molecule has 1 saturated carbocycles. The number of aryl methyl sites for hydroxylation is 2. The summed E-state index contributed by atoms with van der Waals surface area (Å²) in [6.45, 7) is 5.71. The van der Waals surface area contributed by atoms with Crippen LogP contribution < -0.4 is 0 Å². The summed E-state index contributed by atoms with van der Waals surface area (Å²) < 4.78 is 5.70. The van der Waals surface area contributed by atoms with Crippen LogP contribution in [-0.4, -0.2) is 17.9 Å². The van der Waals surface area contributed by atoms with Gasteiger partial charge >= 0.3 is 5.97 Å². The molecule has 0 saturated heterocycles. The smallest absolute Gasteiger partial charge is 0.339 e. The van der Waals surface area contributed by atoms with Crippen LogP contribution in [0, 0.1) is 25.7 Å². The molecule has 134 valence electrons. The van der Waals surface area contributed by atoms with Crippen molar-refractivity contribution in [3.05, 3.63) is 45.5 Å². The number of cyclic esters (lactones) is 1. The molecule has 0 amide bonds. The highest BCUT2D eigenvalue weighted by atomic mass is 35.5. The van der Waals surface area contributed by atoms with Gasteiger partial charge in [-0.2, -0.15) is 0 Å². The number of hydrogen-bond donors (Lipinski definition) is 0. The zero-order valence-electron chi connectivity index (χ0n) is 15.1. The molecule has 0 bridgehead atoms. The molecule has 0 aromatic heterocycles. The Morgan fingerprint density at radius 1 is 1.12 bits per heavy atom. The second-order valence-electron chi connectivity index (χ2n) is 7.51. The third-order valence-electron chi connectivity index (χ3n) is 5.32. The quantitative estimate of drug-likeness (QED) is 0.612. The van der Waals surface area contributed by atoms with Gasteiger partial charge in [0, 0.05) is 11.4 Å². The fourth-order valence-corrected chi connectivity index (χ4v) is 4.14. The molecule has 1 fully saturated rings. The van der Waals surface area contributed by atoms with Gasteiger partial charge in [0.1, 0.15) is 0 Å². The van der Waals surface area contributed by atoms with E-state index in [2.05, 4.69) is 0 Å². The molecule has 3 rings (SSSR count). The van der Waals surface area contributed by atoms with Gasteiger partial charge in [-0.25, -0.2) is 4.79 Å². The number of benzene rings is 1. The van der Waals surface area contributed by atoms with Gasteiger partial charge in [-0.3, -0.25) is 4.79 Å². The highest BCUT2D eigenvalue weighted by molar-refractivity contribution is 6.33. The van der Waals surface area contributed by atoms with E-state index in [4.69, 9.17) is 16.3 Å². The topological polar surface area (TPSA) is 43.4 Å². The molecular formula is C21H25ClO3. The van der Waals surface area contributed by atoms with Crippen molar-refractivity contribution in [2.45, 2.75) is 59.0 Å². The van der Waals surface area contributed by atoms with Crippen LogP contribution in [0.1, 0.15) is 59.7 Å². The maximum atomic E-state index is 12.8. The van der Waals surface area contributed by atoms with E-state index in [1.54, 1.807) is 6.08 Å². The average molecular weight is 361 g/mol. The van der Waals surface area contributed by atoms with Crippen LogP contribution in [0.2, 0.25) is 5.02 Å². The van der Waals surface area contributed by atoms with Crippen molar-refractivity contribution in [3.8, 4) is 0 Å². The van der Waals surface area contributed by atoms with Crippen molar-refractivity contribution in [1.29, 1.82) is 0 Å². The second-order valence-corrected chi connectivity index (χ2v) is 7.89. The number of esters is 1. The molecule has 2 aliphatic rings. The zero-order valence-corrected chi connectivity index (χ0v) is 15.9. The van der Waals surface area contributed by atoms with Crippen LogP contribution >= 0.6 is 11.6 Å². The first-order chi connectivity index (χ1) is 11.9. The Morgan fingerprint density at radius 3 is 2.64 bits per heavy atom. The minimum absolute atomic E-state index is 0.0293. The molecule has 1 aromatic rings.